The van der Waals surface area contributed by atoms with Gasteiger partial charge >= 0.3 is 5.97 Å². The van der Waals surface area contributed by atoms with Crippen LogP contribution in [0.5, 0.6) is 0 Å². The molecule has 8 heteroatoms. The van der Waals surface area contributed by atoms with Gasteiger partial charge in [-0.2, -0.15) is 5.10 Å². The number of carbonyl (C=O) groups is 1. The van der Waals surface area contributed by atoms with Crippen LogP contribution in [-0.2, 0) is 16.4 Å². The third kappa shape index (κ3) is 4.04. The molecule has 0 unspecified atom stereocenters. The van der Waals surface area contributed by atoms with E-state index >= 15 is 0 Å². The van der Waals surface area contributed by atoms with E-state index < -0.39 is 15.8 Å². The van der Waals surface area contributed by atoms with Gasteiger partial charge in [0.05, 0.1) is 11.9 Å². The number of H-pyrrole nitrogens is 1. The number of piperidine rings is 1. The van der Waals surface area contributed by atoms with Crippen LogP contribution < -0.4 is 0 Å². The Hall–Kier alpha value is -1.41. The summed E-state index contributed by atoms with van der Waals surface area (Å²) < 4.78 is 22.7. The normalized spacial score (nSPS) is 20.9. The summed E-state index contributed by atoms with van der Waals surface area (Å²) in [7, 11) is -2.97. The first-order chi connectivity index (χ1) is 9.35. The molecular weight excluding hydrogens is 282 g/mol. The van der Waals surface area contributed by atoms with Crippen molar-refractivity contribution in [3.8, 4) is 0 Å². The number of likely N-dealkylation sites (tertiary alicyclic amines) is 1. The van der Waals surface area contributed by atoms with Gasteiger partial charge in [0.15, 0.2) is 0 Å². The average Bonchev–Trinajstić information content (AvgIpc) is 2.75. The summed E-state index contributed by atoms with van der Waals surface area (Å²) in [5.74, 6) is -0.707. The average molecular weight is 301 g/mol. The molecule has 0 amide bonds. The fourth-order valence-electron chi connectivity index (χ4n) is 2.72. The number of aromatic amines is 1. The fraction of sp³-hybridized carbons (Fsp3) is 0.667. The van der Waals surface area contributed by atoms with Gasteiger partial charge in [0.25, 0.3) is 0 Å². The van der Waals surface area contributed by atoms with E-state index in [2.05, 4.69) is 15.1 Å². The Labute approximate surface area is 117 Å². The van der Waals surface area contributed by atoms with Crippen LogP contribution in [0.3, 0.4) is 0 Å². The number of hydrogen-bond donors (Lipinski definition) is 2. The maximum atomic E-state index is 11.4. The van der Waals surface area contributed by atoms with Crippen LogP contribution in [0.2, 0.25) is 0 Å². The van der Waals surface area contributed by atoms with Gasteiger partial charge in [-0.15, -0.1) is 0 Å². The molecule has 7 nitrogen and oxygen atoms in total. The minimum Gasteiger partial charge on any atom is -0.477 e. The first kappa shape index (κ1) is 15.0. The third-order valence-corrected chi connectivity index (χ3v) is 4.54. The van der Waals surface area contributed by atoms with Crippen LogP contribution in [0, 0.1) is 5.92 Å². The minimum absolute atomic E-state index is 0.107. The van der Waals surface area contributed by atoms with E-state index in [1.165, 1.54) is 12.5 Å². The van der Waals surface area contributed by atoms with Gasteiger partial charge in [0, 0.05) is 24.9 Å². The molecule has 1 fully saturated rings. The topological polar surface area (TPSA) is 103 Å². The molecule has 1 aliphatic heterocycles. The number of rotatable bonds is 5. The smallest absolute Gasteiger partial charge is 0.354 e. The first-order valence-electron chi connectivity index (χ1n) is 6.51. The highest BCUT2D eigenvalue weighted by atomic mass is 32.2. The van der Waals surface area contributed by atoms with E-state index in [-0.39, 0.29) is 17.4 Å². The van der Waals surface area contributed by atoms with E-state index in [0.29, 0.717) is 18.7 Å². The van der Waals surface area contributed by atoms with Crippen molar-refractivity contribution in [1.82, 2.24) is 15.1 Å². The molecule has 20 heavy (non-hydrogen) atoms. The van der Waals surface area contributed by atoms with Crippen molar-refractivity contribution in [2.45, 2.75) is 19.4 Å². The van der Waals surface area contributed by atoms with Crippen LogP contribution in [0.1, 0.15) is 28.9 Å². The van der Waals surface area contributed by atoms with Crippen molar-refractivity contribution in [1.29, 1.82) is 0 Å². The van der Waals surface area contributed by atoms with Crippen molar-refractivity contribution < 1.29 is 18.3 Å². The molecule has 1 saturated heterocycles. The minimum atomic E-state index is -2.97. The molecule has 1 aromatic rings. The maximum absolute atomic E-state index is 11.4. The van der Waals surface area contributed by atoms with Crippen LogP contribution in [0.15, 0.2) is 6.20 Å². The summed E-state index contributed by atoms with van der Waals surface area (Å²) in [6.07, 6.45) is 4.61. The molecule has 1 atom stereocenters. The molecule has 1 aromatic heterocycles. The Kier molecular flexibility index (Phi) is 4.44. The Morgan fingerprint density at radius 3 is 3.00 bits per heavy atom. The van der Waals surface area contributed by atoms with Gasteiger partial charge in [-0.1, -0.05) is 0 Å². The van der Waals surface area contributed by atoms with Crippen LogP contribution >= 0.6 is 0 Å². The molecule has 112 valence electrons. The summed E-state index contributed by atoms with van der Waals surface area (Å²) >= 11 is 0. The van der Waals surface area contributed by atoms with Gasteiger partial charge in [-0.3, -0.25) is 10.00 Å². The van der Waals surface area contributed by atoms with E-state index in [4.69, 9.17) is 5.11 Å². The highest BCUT2D eigenvalue weighted by Crippen LogP contribution is 2.20. The second-order valence-corrected chi connectivity index (χ2v) is 7.60. The summed E-state index contributed by atoms with van der Waals surface area (Å²) in [6, 6.07) is 0. The molecule has 2 rings (SSSR count). The van der Waals surface area contributed by atoms with E-state index in [1.54, 1.807) is 0 Å². The van der Waals surface area contributed by atoms with Crippen LogP contribution in [0.4, 0.5) is 0 Å². The molecule has 2 heterocycles. The number of sulfone groups is 1. The monoisotopic (exact) mass is 301 g/mol. The zero-order valence-corrected chi connectivity index (χ0v) is 12.2. The SMILES string of the molecule is CS(=O)(=O)C[C@H]1CCCN(Cc2cn[nH]c2C(=O)O)C1. The zero-order valence-electron chi connectivity index (χ0n) is 11.4. The number of aromatic nitrogens is 2. The lowest BCUT2D eigenvalue weighted by Gasteiger charge is -2.32. The lowest BCUT2D eigenvalue weighted by atomic mass is 9.99. The predicted octanol–water partition coefficient (Wildman–Crippen LogP) is 0.364. The highest BCUT2D eigenvalue weighted by molar-refractivity contribution is 7.90. The molecule has 0 radical (unpaired) electrons. The van der Waals surface area contributed by atoms with Gasteiger partial charge in [0.2, 0.25) is 0 Å². The van der Waals surface area contributed by atoms with E-state index in [0.717, 1.165) is 19.4 Å². The van der Waals surface area contributed by atoms with Gasteiger partial charge in [0.1, 0.15) is 15.5 Å². The van der Waals surface area contributed by atoms with Gasteiger partial charge in [-0.25, -0.2) is 13.2 Å². The molecule has 0 spiro atoms. The highest BCUT2D eigenvalue weighted by Gasteiger charge is 2.24. The number of carboxylic acids is 1. The largest absolute Gasteiger partial charge is 0.477 e. The molecule has 0 bridgehead atoms. The fourth-order valence-corrected chi connectivity index (χ4v) is 3.84. The van der Waals surface area contributed by atoms with Gasteiger partial charge < -0.3 is 5.11 Å². The van der Waals surface area contributed by atoms with Crippen LogP contribution in [-0.4, -0.2) is 59.7 Å². The van der Waals surface area contributed by atoms with Crippen molar-refractivity contribution in [2.24, 2.45) is 5.92 Å². The number of hydrogen-bond acceptors (Lipinski definition) is 5. The van der Waals surface area contributed by atoms with Crippen molar-refractivity contribution in [2.75, 3.05) is 25.1 Å². The maximum Gasteiger partial charge on any atom is 0.354 e. The Bertz CT molecular complexity index is 581. The molecule has 0 saturated carbocycles. The second-order valence-electron chi connectivity index (χ2n) is 5.41. The predicted molar refractivity (Wildman–Crippen MR) is 73.3 cm³/mol. The zero-order chi connectivity index (χ0) is 14.8. The van der Waals surface area contributed by atoms with E-state index in [1.807, 2.05) is 0 Å². The first-order valence-corrected chi connectivity index (χ1v) is 8.57. The lowest BCUT2D eigenvalue weighted by molar-refractivity contribution is 0.0687. The molecule has 2 N–H and O–H groups in total. The number of nitrogens with one attached hydrogen (secondary N) is 1. The summed E-state index contributed by atoms with van der Waals surface area (Å²) in [5, 5.41) is 15.3. The molecular formula is C12H19N3O4S. The summed E-state index contributed by atoms with van der Waals surface area (Å²) in [4.78, 5) is 13.1. The van der Waals surface area contributed by atoms with E-state index in [9.17, 15) is 13.2 Å². The Morgan fingerprint density at radius 1 is 1.60 bits per heavy atom. The number of nitrogens with zero attached hydrogens (tertiary/aromatic N) is 2. The van der Waals surface area contributed by atoms with Crippen molar-refractivity contribution >= 4 is 15.8 Å². The second kappa shape index (κ2) is 5.92. The van der Waals surface area contributed by atoms with Crippen molar-refractivity contribution in [3.05, 3.63) is 17.5 Å². The van der Waals surface area contributed by atoms with Crippen molar-refractivity contribution in [3.63, 3.8) is 0 Å². The Balaban J connectivity index is 1.99. The lowest BCUT2D eigenvalue weighted by Crippen LogP contribution is -2.37. The van der Waals surface area contributed by atoms with Gasteiger partial charge in [-0.05, 0) is 25.3 Å². The quantitative estimate of drug-likeness (QED) is 0.814. The molecule has 1 aliphatic rings. The summed E-state index contributed by atoms with van der Waals surface area (Å²) in [5.41, 5.74) is 0.743. The molecule has 0 aromatic carbocycles. The van der Waals surface area contributed by atoms with Crippen LogP contribution in [0.25, 0.3) is 0 Å². The molecule has 0 aliphatic carbocycles. The Morgan fingerprint density at radius 2 is 2.35 bits per heavy atom. The number of aromatic carboxylic acids is 1. The summed E-state index contributed by atoms with van der Waals surface area (Å²) in [6.45, 7) is 2.01. The number of carboxylic acid groups (broad SMARTS) is 1. The third-order valence-electron chi connectivity index (χ3n) is 3.47. The standard InChI is InChI=1S/C12H19N3O4S/c1-20(18,19)8-9-3-2-4-15(6-9)7-10-5-13-14-11(10)12(16)17/h5,9H,2-4,6-8H2,1H3,(H,13,14)(H,16,17)/t9-/m0/s1.